The lowest BCUT2D eigenvalue weighted by Crippen LogP contribution is -2.50. The number of para-hydroxylation sites is 1. The van der Waals surface area contributed by atoms with Crippen molar-refractivity contribution >= 4 is 40.3 Å². The number of likely N-dealkylation sites (tertiary alicyclic amines) is 1. The molecule has 0 saturated carbocycles. The number of carbonyl (C=O) groups is 3. The quantitative estimate of drug-likeness (QED) is 0.237. The Morgan fingerprint density at radius 1 is 1.09 bits per heavy atom. The van der Waals surface area contributed by atoms with E-state index in [-0.39, 0.29) is 29.5 Å². The van der Waals surface area contributed by atoms with Gasteiger partial charge in [0.2, 0.25) is 5.91 Å². The SMILES string of the molecule is CC(C)(O)c1cc2nc(C3CCN(Cc4ccccc4N4CCC(=O)NC4=O)CC3)oc2cc1NC(=O)c1ccc(C(F)(F)F)nc1. The molecular weight excluding hydrogens is 617 g/mol. The standard InChI is InChI=1S/C33H33F3N6O5/c1-32(2,46)22-15-24-26(16-23(22)38-29(44)20-7-8-27(37-17-20)33(34,35)36)47-30(39-24)19-9-12-41(13-10-19)18-21-5-3-4-6-25(21)42-14-11-28(43)40-31(42)45/h3-8,15-17,19,46H,9-14,18H2,1-2H3,(H,38,44)(H,40,43,45). The molecule has 0 bridgehead atoms. The summed E-state index contributed by atoms with van der Waals surface area (Å²) in [6.45, 7) is 5.56. The van der Waals surface area contributed by atoms with Crippen molar-refractivity contribution in [3.63, 3.8) is 0 Å². The van der Waals surface area contributed by atoms with Gasteiger partial charge in [-0.1, -0.05) is 18.2 Å². The van der Waals surface area contributed by atoms with Gasteiger partial charge in [-0.3, -0.25) is 29.7 Å². The van der Waals surface area contributed by atoms with Crippen LogP contribution in [0.3, 0.4) is 0 Å². The lowest BCUT2D eigenvalue weighted by molar-refractivity contribution is -0.141. The van der Waals surface area contributed by atoms with Gasteiger partial charge in [0.1, 0.15) is 11.2 Å². The van der Waals surface area contributed by atoms with Crippen LogP contribution in [0.2, 0.25) is 0 Å². The van der Waals surface area contributed by atoms with E-state index in [2.05, 4.69) is 20.5 Å². The molecule has 0 atom stereocenters. The van der Waals surface area contributed by atoms with E-state index in [0.717, 1.165) is 55.5 Å². The van der Waals surface area contributed by atoms with Crippen molar-refractivity contribution in [2.45, 2.75) is 57.3 Å². The summed E-state index contributed by atoms with van der Waals surface area (Å²) in [7, 11) is 0. The van der Waals surface area contributed by atoms with E-state index in [1.54, 1.807) is 30.9 Å². The number of rotatable bonds is 7. The molecule has 14 heteroatoms. The summed E-state index contributed by atoms with van der Waals surface area (Å²) >= 11 is 0. The number of fused-ring (bicyclic) bond motifs is 1. The number of oxazole rings is 1. The van der Waals surface area contributed by atoms with E-state index in [0.29, 0.717) is 35.6 Å². The zero-order chi connectivity index (χ0) is 33.5. The van der Waals surface area contributed by atoms with Crippen LogP contribution in [0, 0.1) is 0 Å². The van der Waals surface area contributed by atoms with Gasteiger partial charge in [-0.15, -0.1) is 0 Å². The first-order valence-electron chi connectivity index (χ1n) is 15.2. The number of aliphatic hydroxyl groups is 1. The molecule has 6 rings (SSSR count). The Kier molecular flexibility index (Phi) is 8.49. The molecule has 2 aromatic carbocycles. The van der Waals surface area contributed by atoms with Gasteiger partial charge in [-0.25, -0.2) is 9.78 Å². The molecule has 2 saturated heterocycles. The first kappa shape index (κ1) is 32.1. The molecule has 4 amide bonds. The highest BCUT2D eigenvalue weighted by Gasteiger charge is 2.33. The number of nitrogens with one attached hydrogen (secondary N) is 2. The fourth-order valence-corrected chi connectivity index (χ4v) is 5.95. The molecule has 3 N–H and O–H groups in total. The molecule has 2 aliphatic heterocycles. The maximum atomic E-state index is 12.9. The van der Waals surface area contributed by atoms with Gasteiger partial charge in [0.15, 0.2) is 11.5 Å². The highest BCUT2D eigenvalue weighted by atomic mass is 19.4. The predicted molar refractivity (Wildman–Crippen MR) is 166 cm³/mol. The number of hydrogen-bond donors (Lipinski definition) is 3. The number of imide groups is 1. The van der Waals surface area contributed by atoms with Gasteiger partial charge in [0.05, 0.1) is 16.9 Å². The van der Waals surface area contributed by atoms with Gasteiger partial charge in [-0.05, 0) is 69.6 Å². The summed E-state index contributed by atoms with van der Waals surface area (Å²) in [6.07, 6.45) is -2.01. The molecular formula is C33H33F3N6O5. The monoisotopic (exact) mass is 650 g/mol. The molecule has 246 valence electrons. The van der Waals surface area contributed by atoms with Crippen LogP contribution in [-0.4, -0.2) is 57.5 Å². The average molecular weight is 651 g/mol. The number of urea groups is 1. The van der Waals surface area contributed by atoms with Crippen molar-refractivity contribution in [1.82, 2.24) is 20.2 Å². The number of piperidine rings is 1. The maximum Gasteiger partial charge on any atom is 0.433 e. The van der Waals surface area contributed by atoms with Crippen LogP contribution in [0.1, 0.15) is 72.1 Å². The van der Waals surface area contributed by atoms with Crippen molar-refractivity contribution < 1.29 is 37.1 Å². The Morgan fingerprint density at radius 2 is 1.83 bits per heavy atom. The number of pyridine rings is 1. The largest absolute Gasteiger partial charge is 0.440 e. The number of carbonyl (C=O) groups excluding carboxylic acids is 3. The number of halogens is 3. The molecule has 0 unspecified atom stereocenters. The lowest BCUT2D eigenvalue weighted by Gasteiger charge is -2.33. The van der Waals surface area contributed by atoms with E-state index in [9.17, 15) is 32.7 Å². The highest BCUT2D eigenvalue weighted by Crippen LogP contribution is 2.36. The number of benzene rings is 2. The fraction of sp³-hybridized carbons (Fsp3) is 0.364. The van der Waals surface area contributed by atoms with Crippen molar-refractivity contribution in [3.8, 4) is 0 Å². The molecule has 0 radical (unpaired) electrons. The van der Waals surface area contributed by atoms with Crippen molar-refractivity contribution in [1.29, 1.82) is 0 Å². The number of nitrogens with zero attached hydrogens (tertiary/aromatic N) is 4. The topological polar surface area (TPSA) is 141 Å². The van der Waals surface area contributed by atoms with Crippen LogP contribution in [0.25, 0.3) is 11.1 Å². The summed E-state index contributed by atoms with van der Waals surface area (Å²) in [6, 6.07) is 12.2. The third kappa shape index (κ3) is 6.98. The minimum atomic E-state index is -4.63. The summed E-state index contributed by atoms with van der Waals surface area (Å²) < 4.78 is 44.9. The molecule has 2 fully saturated rings. The Balaban J connectivity index is 1.16. The summed E-state index contributed by atoms with van der Waals surface area (Å²) in [4.78, 5) is 49.0. The molecule has 4 heterocycles. The summed E-state index contributed by atoms with van der Waals surface area (Å²) in [5.74, 6) is -0.418. The smallest absolute Gasteiger partial charge is 0.433 e. The number of anilines is 2. The first-order chi connectivity index (χ1) is 22.3. The molecule has 11 nitrogen and oxygen atoms in total. The van der Waals surface area contributed by atoms with E-state index >= 15 is 0 Å². The first-order valence-corrected chi connectivity index (χ1v) is 15.2. The number of aromatic nitrogens is 2. The molecule has 4 aromatic rings. The van der Waals surface area contributed by atoms with E-state index < -0.39 is 29.4 Å². The van der Waals surface area contributed by atoms with Crippen LogP contribution < -0.4 is 15.5 Å². The van der Waals surface area contributed by atoms with Crippen LogP contribution in [0.4, 0.5) is 29.3 Å². The molecule has 2 aromatic heterocycles. The van der Waals surface area contributed by atoms with Crippen LogP contribution in [0.5, 0.6) is 0 Å². The molecule has 0 aliphatic carbocycles. The van der Waals surface area contributed by atoms with E-state index in [4.69, 9.17) is 9.40 Å². The van der Waals surface area contributed by atoms with Gasteiger partial charge in [0, 0.05) is 48.9 Å². The van der Waals surface area contributed by atoms with Crippen LogP contribution in [0.15, 0.2) is 59.1 Å². The van der Waals surface area contributed by atoms with Gasteiger partial charge in [0.25, 0.3) is 5.91 Å². The van der Waals surface area contributed by atoms with Crippen molar-refractivity contribution in [3.05, 3.63) is 83.0 Å². The highest BCUT2D eigenvalue weighted by molar-refractivity contribution is 6.06. The average Bonchev–Trinajstić information content (AvgIpc) is 3.44. The third-order valence-electron chi connectivity index (χ3n) is 8.43. The Labute approximate surface area is 267 Å². The zero-order valence-electron chi connectivity index (χ0n) is 25.7. The minimum Gasteiger partial charge on any atom is -0.440 e. The Bertz CT molecular complexity index is 1830. The minimum absolute atomic E-state index is 0.0228. The number of amides is 4. The maximum absolute atomic E-state index is 12.9. The lowest BCUT2D eigenvalue weighted by atomic mass is 9.95. The zero-order valence-corrected chi connectivity index (χ0v) is 25.7. The third-order valence-corrected chi connectivity index (χ3v) is 8.43. The van der Waals surface area contributed by atoms with E-state index in [1.807, 2.05) is 24.3 Å². The second-order valence-corrected chi connectivity index (χ2v) is 12.3. The van der Waals surface area contributed by atoms with Gasteiger partial charge >= 0.3 is 12.2 Å². The normalized spacial score (nSPS) is 16.9. The number of hydrogen-bond acceptors (Lipinski definition) is 8. The molecule has 47 heavy (non-hydrogen) atoms. The fourth-order valence-electron chi connectivity index (χ4n) is 5.95. The van der Waals surface area contributed by atoms with Gasteiger partial charge < -0.3 is 14.8 Å². The second-order valence-electron chi connectivity index (χ2n) is 12.3. The summed E-state index contributed by atoms with van der Waals surface area (Å²) in [5.41, 5.74) is 0.669. The number of alkyl halides is 3. The predicted octanol–water partition coefficient (Wildman–Crippen LogP) is 5.55. The van der Waals surface area contributed by atoms with E-state index in [1.165, 1.54) is 0 Å². The Morgan fingerprint density at radius 3 is 2.49 bits per heavy atom. The van der Waals surface area contributed by atoms with Crippen molar-refractivity contribution in [2.24, 2.45) is 0 Å². The molecule has 0 spiro atoms. The van der Waals surface area contributed by atoms with Crippen LogP contribution >= 0.6 is 0 Å². The Hall–Kier alpha value is -4.82. The second kappa shape index (κ2) is 12.4. The summed E-state index contributed by atoms with van der Waals surface area (Å²) in [5, 5.41) is 15.9. The van der Waals surface area contributed by atoms with Gasteiger partial charge in [-0.2, -0.15) is 13.2 Å². The molecule has 2 aliphatic rings. The van der Waals surface area contributed by atoms with Crippen molar-refractivity contribution in [2.75, 3.05) is 29.9 Å². The van der Waals surface area contributed by atoms with Crippen LogP contribution in [-0.2, 0) is 23.1 Å².